The van der Waals surface area contributed by atoms with Crippen molar-refractivity contribution in [2.24, 2.45) is 0 Å². The van der Waals surface area contributed by atoms with Gasteiger partial charge in [0.05, 0.1) is 21.3 Å². The van der Waals surface area contributed by atoms with Crippen LogP contribution in [0.4, 0.5) is 11.4 Å². The van der Waals surface area contributed by atoms with Crippen molar-refractivity contribution in [1.82, 2.24) is 0 Å². The van der Waals surface area contributed by atoms with E-state index in [4.69, 9.17) is 27.9 Å². The van der Waals surface area contributed by atoms with Crippen LogP contribution in [0.2, 0.25) is 10.0 Å². The number of rotatable bonds is 7. The third-order valence-electron chi connectivity index (χ3n) is 4.45. The van der Waals surface area contributed by atoms with E-state index in [0.717, 1.165) is 5.56 Å². The summed E-state index contributed by atoms with van der Waals surface area (Å²) in [5.41, 5.74) is 1.87. The van der Waals surface area contributed by atoms with E-state index in [1.807, 2.05) is 6.92 Å². The predicted molar refractivity (Wildman–Crippen MR) is 124 cm³/mol. The number of sulfonamides is 1. The highest BCUT2D eigenvalue weighted by Gasteiger charge is 2.21. The Bertz CT molecular complexity index is 1180. The fraction of sp³-hybridized carbons (Fsp3) is 0.136. The molecule has 3 aromatic carbocycles. The summed E-state index contributed by atoms with van der Waals surface area (Å²) in [6.07, 6.45) is 0. The quantitative estimate of drug-likeness (QED) is 0.509. The molecule has 1 N–H and O–H groups in total. The average Bonchev–Trinajstić information content (AvgIpc) is 2.74. The average molecular weight is 479 g/mol. The number of nitrogens with one attached hydrogen (secondary N) is 1. The number of carbonyl (C=O) groups is 1. The predicted octanol–water partition coefficient (Wildman–Crippen LogP) is 5.14. The molecule has 0 saturated carbocycles. The van der Waals surface area contributed by atoms with E-state index in [1.165, 1.54) is 17.4 Å². The highest BCUT2D eigenvalue weighted by Crippen LogP contribution is 2.26. The summed E-state index contributed by atoms with van der Waals surface area (Å²) in [6, 6.07) is 17.8. The second-order valence-corrected chi connectivity index (χ2v) is 9.55. The first-order valence-electron chi connectivity index (χ1n) is 9.20. The van der Waals surface area contributed by atoms with Crippen LogP contribution >= 0.6 is 23.2 Å². The summed E-state index contributed by atoms with van der Waals surface area (Å²) in [6.45, 7) is 1.65. The molecule has 0 fully saturated rings. The fourth-order valence-electron chi connectivity index (χ4n) is 2.69. The molecule has 162 valence electrons. The molecule has 0 aliphatic carbocycles. The molecule has 0 radical (unpaired) electrons. The van der Waals surface area contributed by atoms with Crippen LogP contribution in [0.1, 0.15) is 5.56 Å². The van der Waals surface area contributed by atoms with Gasteiger partial charge in [-0.15, -0.1) is 0 Å². The molecular weight excluding hydrogens is 459 g/mol. The number of ether oxygens (including phenoxy) is 1. The third-order valence-corrected chi connectivity index (χ3v) is 6.80. The topological polar surface area (TPSA) is 75.7 Å². The lowest BCUT2D eigenvalue weighted by Gasteiger charge is -2.20. The van der Waals surface area contributed by atoms with E-state index in [-0.39, 0.29) is 11.5 Å². The second-order valence-electron chi connectivity index (χ2n) is 6.74. The van der Waals surface area contributed by atoms with Crippen molar-refractivity contribution < 1.29 is 17.9 Å². The van der Waals surface area contributed by atoms with Crippen molar-refractivity contribution in [3.05, 3.63) is 82.3 Å². The highest BCUT2D eigenvalue weighted by atomic mass is 35.5. The molecule has 31 heavy (non-hydrogen) atoms. The van der Waals surface area contributed by atoms with Crippen molar-refractivity contribution in [3.8, 4) is 5.75 Å². The first kappa shape index (κ1) is 22.9. The Morgan fingerprint density at radius 2 is 1.65 bits per heavy atom. The van der Waals surface area contributed by atoms with Crippen molar-refractivity contribution in [2.75, 3.05) is 23.3 Å². The van der Waals surface area contributed by atoms with Crippen LogP contribution in [-0.2, 0) is 14.8 Å². The molecular formula is C22H20Cl2N2O4S. The lowest BCUT2D eigenvalue weighted by molar-refractivity contribution is -0.118. The molecule has 0 saturated heterocycles. The van der Waals surface area contributed by atoms with Crippen molar-refractivity contribution in [1.29, 1.82) is 0 Å². The lowest BCUT2D eigenvalue weighted by atomic mass is 10.2. The summed E-state index contributed by atoms with van der Waals surface area (Å²) in [5.74, 6) is 0.0228. The van der Waals surface area contributed by atoms with Crippen LogP contribution in [0.3, 0.4) is 0 Å². The van der Waals surface area contributed by atoms with Gasteiger partial charge in [0.2, 0.25) is 0 Å². The van der Waals surface area contributed by atoms with E-state index in [2.05, 4.69) is 5.32 Å². The van der Waals surface area contributed by atoms with E-state index >= 15 is 0 Å². The second kappa shape index (κ2) is 9.60. The summed E-state index contributed by atoms with van der Waals surface area (Å²) in [5, 5.41) is 3.43. The summed E-state index contributed by atoms with van der Waals surface area (Å²) in [7, 11) is -2.20. The molecule has 6 nitrogen and oxygen atoms in total. The SMILES string of the molecule is Cc1ccc(S(=O)(=O)N(C)c2ccc(OCC(=O)Nc3ccc(Cl)cc3Cl)cc2)cc1. The van der Waals surface area contributed by atoms with Crippen LogP contribution in [0.25, 0.3) is 0 Å². The summed E-state index contributed by atoms with van der Waals surface area (Å²) in [4.78, 5) is 12.3. The van der Waals surface area contributed by atoms with Crippen LogP contribution in [-0.4, -0.2) is 28.0 Å². The molecule has 3 rings (SSSR count). The zero-order chi connectivity index (χ0) is 22.6. The number of nitrogens with zero attached hydrogens (tertiary/aromatic N) is 1. The number of anilines is 2. The molecule has 3 aromatic rings. The number of hydrogen-bond acceptors (Lipinski definition) is 4. The zero-order valence-electron chi connectivity index (χ0n) is 16.8. The Morgan fingerprint density at radius 1 is 1.00 bits per heavy atom. The number of benzene rings is 3. The smallest absolute Gasteiger partial charge is 0.264 e. The Balaban J connectivity index is 1.62. The van der Waals surface area contributed by atoms with Gasteiger partial charge in [-0.05, 0) is 61.5 Å². The van der Waals surface area contributed by atoms with Gasteiger partial charge in [0.25, 0.3) is 15.9 Å². The van der Waals surface area contributed by atoms with Crippen LogP contribution in [0.15, 0.2) is 71.6 Å². The first-order valence-corrected chi connectivity index (χ1v) is 11.4. The van der Waals surface area contributed by atoms with E-state index in [0.29, 0.717) is 27.2 Å². The Hall–Kier alpha value is -2.74. The van der Waals surface area contributed by atoms with Crippen molar-refractivity contribution >= 4 is 50.5 Å². The number of amides is 1. The minimum absolute atomic E-state index is 0.207. The standard InChI is InChI=1S/C22H20Cl2N2O4S/c1-15-3-10-19(11-4-15)31(28,29)26(2)17-6-8-18(9-7-17)30-14-22(27)25-21-12-5-16(23)13-20(21)24/h3-13H,14H2,1-2H3,(H,25,27). The monoisotopic (exact) mass is 478 g/mol. The van der Waals surface area contributed by atoms with Crippen LogP contribution < -0.4 is 14.4 Å². The number of hydrogen-bond donors (Lipinski definition) is 1. The van der Waals surface area contributed by atoms with Gasteiger partial charge in [-0.1, -0.05) is 40.9 Å². The zero-order valence-corrected chi connectivity index (χ0v) is 19.1. The lowest BCUT2D eigenvalue weighted by Crippen LogP contribution is -2.26. The van der Waals surface area contributed by atoms with Crippen LogP contribution in [0.5, 0.6) is 5.75 Å². The normalized spacial score (nSPS) is 11.1. The van der Waals surface area contributed by atoms with Crippen molar-refractivity contribution in [2.45, 2.75) is 11.8 Å². The number of halogens is 2. The van der Waals surface area contributed by atoms with Gasteiger partial charge < -0.3 is 10.1 Å². The largest absolute Gasteiger partial charge is 0.484 e. The highest BCUT2D eigenvalue weighted by molar-refractivity contribution is 7.92. The van der Waals surface area contributed by atoms with Gasteiger partial charge in [0.1, 0.15) is 5.75 Å². The summed E-state index contributed by atoms with van der Waals surface area (Å²) < 4.78 is 32.2. The van der Waals surface area contributed by atoms with Gasteiger partial charge in [-0.25, -0.2) is 8.42 Å². The van der Waals surface area contributed by atoms with E-state index in [1.54, 1.807) is 60.7 Å². The Kier molecular flexibility index (Phi) is 7.10. The molecule has 0 atom stereocenters. The molecule has 0 bridgehead atoms. The van der Waals surface area contributed by atoms with Gasteiger partial charge in [0, 0.05) is 12.1 Å². The number of aryl methyl sites for hydroxylation is 1. The van der Waals surface area contributed by atoms with Crippen LogP contribution in [0, 0.1) is 6.92 Å². The summed E-state index contributed by atoms with van der Waals surface area (Å²) >= 11 is 11.9. The van der Waals surface area contributed by atoms with Crippen molar-refractivity contribution in [3.63, 3.8) is 0 Å². The number of carbonyl (C=O) groups excluding carboxylic acids is 1. The molecule has 0 heterocycles. The minimum Gasteiger partial charge on any atom is -0.484 e. The molecule has 0 spiro atoms. The third kappa shape index (κ3) is 5.70. The maximum absolute atomic E-state index is 12.8. The van der Waals surface area contributed by atoms with Gasteiger partial charge in [-0.2, -0.15) is 0 Å². The molecule has 1 amide bonds. The first-order chi connectivity index (χ1) is 14.7. The van der Waals surface area contributed by atoms with Gasteiger partial charge in [-0.3, -0.25) is 9.10 Å². The maximum atomic E-state index is 12.8. The molecule has 0 aromatic heterocycles. The molecule has 0 aliphatic heterocycles. The Morgan fingerprint density at radius 3 is 2.26 bits per heavy atom. The van der Waals surface area contributed by atoms with Gasteiger partial charge >= 0.3 is 0 Å². The van der Waals surface area contributed by atoms with E-state index < -0.39 is 15.9 Å². The fourth-order valence-corrected chi connectivity index (χ4v) is 4.34. The molecule has 9 heteroatoms. The minimum atomic E-state index is -3.68. The molecule has 0 aliphatic rings. The van der Waals surface area contributed by atoms with Gasteiger partial charge in [0.15, 0.2) is 6.61 Å². The van der Waals surface area contributed by atoms with E-state index in [9.17, 15) is 13.2 Å². The maximum Gasteiger partial charge on any atom is 0.264 e. The molecule has 0 unspecified atom stereocenters. The Labute approximate surface area is 191 Å².